The Morgan fingerprint density at radius 3 is 2.75 bits per heavy atom. The minimum Gasteiger partial charge on any atom is -0.382 e. The summed E-state index contributed by atoms with van der Waals surface area (Å²) in [7, 11) is 0. The molecule has 2 aromatic rings. The van der Waals surface area contributed by atoms with Crippen LogP contribution >= 0.6 is 0 Å². The number of anilines is 1. The van der Waals surface area contributed by atoms with Crippen LogP contribution in [0.1, 0.15) is 23.7 Å². The van der Waals surface area contributed by atoms with Gasteiger partial charge in [-0.25, -0.2) is 0 Å². The van der Waals surface area contributed by atoms with Gasteiger partial charge in [0.2, 0.25) is 0 Å². The Hall–Kier alpha value is -2.36. The third-order valence-electron chi connectivity index (χ3n) is 3.26. The van der Waals surface area contributed by atoms with Crippen LogP contribution in [0.3, 0.4) is 0 Å². The van der Waals surface area contributed by atoms with Crippen LogP contribution in [0.4, 0.5) is 5.69 Å². The molecule has 2 rings (SSSR count). The van der Waals surface area contributed by atoms with E-state index in [0.717, 1.165) is 12.1 Å². The van der Waals surface area contributed by atoms with E-state index >= 15 is 0 Å². The van der Waals surface area contributed by atoms with Gasteiger partial charge in [0, 0.05) is 30.5 Å². The van der Waals surface area contributed by atoms with Gasteiger partial charge in [-0.1, -0.05) is 18.2 Å². The van der Waals surface area contributed by atoms with Crippen molar-refractivity contribution < 1.29 is 0 Å². The highest BCUT2D eigenvalue weighted by Crippen LogP contribution is 2.19. The first-order chi connectivity index (χ1) is 9.61. The summed E-state index contributed by atoms with van der Waals surface area (Å²) in [5.41, 5.74) is 9.55. The molecule has 104 valence electrons. The second-order valence-electron chi connectivity index (χ2n) is 4.78. The van der Waals surface area contributed by atoms with Crippen LogP contribution in [-0.2, 0) is 6.54 Å². The van der Waals surface area contributed by atoms with Crippen molar-refractivity contribution in [1.82, 2.24) is 4.98 Å². The monoisotopic (exact) mass is 268 g/mol. The van der Waals surface area contributed by atoms with E-state index in [9.17, 15) is 0 Å². The van der Waals surface area contributed by atoms with Crippen molar-refractivity contribution >= 4 is 11.5 Å². The van der Waals surface area contributed by atoms with Gasteiger partial charge in [-0.3, -0.25) is 10.4 Å². The molecule has 3 N–H and O–H groups in total. The molecule has 0 spiro atoms. The average Bonchev–Trinajstić information content (AvgIpc) is 2.45. The third kappa shape index (κ3) is 3.15. The molecule has 0 aliphatic carbocycles. The largest absolute Gasteiger partial charge is 0.382 e. The maximum atomic E-state index is 7.61. The van der Waals surface area contributed by atoms with Crippen LogP contribution in [0.15, 0.2) is 42.6 Å². The van der Waals surface area contributed by atoms with Crippen LogP contribution in [0, 0.1) is 12.3 Å². The van der Waals surface area contributed by atoms with Gasteiger partial charge in [-0.2, -0.15) is 0 Å². The molecule has 0 amide bonds. The van der Waals surface area contributed by atoms with Crippen LogP contribution in [-0.4, -0.2) is 17.4 Å². The molecule has 20 heavy (non-hydrogen) atoms. The smallest absolute Gasteiger partial charge is 0.142 e. The lowest BCUT2D eigenvalue weighted by molar-refractivity contribution is 0.825. The van der Waals surface area contributed by atoms with Gasteiger partial charge in [-0.05, 0) is 37.6 Å². The van der Waals surface area contributed by atoms with Crippen molar-refractivity contribution in [2.75, 3.05) is 11.4 Å². The van der Waals surface area contributed by atoms with E-state index in [-0.39, 0.29) is 5.84 Å². The van der Waals surface area contributed by atoms with Crippen molar-refractivity contribution in [3.8, 4) is 0 Å². The molecule has 1 aromatic carbocycles. The SMILES string of the molecule is CCN(Cc1cccnc1C(=N)N)c1cccc(C)c1. The fourth-order valence-electron chi connectivity index (χ4n) is 2.22. The Labute approximate surface area is 119 Å². The second kappa shape index (κ2) is 6.19. The van der Waals surface area contributed by atoms with Gasteiger partial charge in [-0.15, -0.1) is 0 Å². The van der Waals surface area contributed by atoms with E-state index < -0.39 is 0 Å². The minimum atomic E-state index is 0.0147. The number of amidine groups is 1. The number of nitrogens with one attached hydrogen (secondary N) is 1. The molecular formula is C16H20N4. The summed E-state index contributed by atoms with van der Waals surface area (Å²) in [6, 6.07) is 12.3. The summed E-state index contributed by atoms with van der Waals surface area (Å²) in [6.45, 7) is 5.78. The molecule has 0 fully saturated rings. The highest BCUT2D eigenvalue weighted by molar-refractivity contribution is 5.94. The standard InChI is InChI=1S/C16H20N4/c1-3-20(14-8-4-6-12(2)10-14)11-13-7-5-9-19-15(13)16(17)18/h4-10H,3,11H2,1-2H3,(H3,17,18). The highest BCUT2D eigenvalue weighted by Gasteiger charge is 2.11. The summed E-state index contributed by atoms with van der Waals surface area (Å²) in [6.07, 6.45) is 1.67. The number of hydrogen-bond donors (Lipinski definition) is 2. The molecule has 1 heterocycles. The first-order valence-corrected chi connectivity index (χ1v) is 6.71. The number of rotatable bonds is 5. The Balaban J connectivity index is 2.29. The highest BCUT2D eigenvalue weighted by atomic mass is 15.1. The first-order valence-electron chi connectivity index (χ1n) is 6.71. The summed E-state index contributed by atoms with van der Waals surface area (Å²) in [5, 5.41) is 7.61. The minimum absolute atomic E-state index is 0.0147. The number of pyridine rings is 1. The molecule has 4 nitrogen and oxygen atoms in total. The van der Waals surface area contributed by atoms with Gasteiger partial charge in [0.25, 0.3) is 0 Å². The number of hydrogen-bond acceptors (Lipinski definition) is 3. The topological polar surface area (TPSA) is 66.0 Å². The number of nitrogens with two attached hydrogens (primary N) is 1. The zero-order chi connectivity index (χ0) is 14.5. The molecule has 0 saturated heterocycles. The summed E-state index contributed by atoms with van der Waals surface area (Å²) in [4.78, 5) is 6.45. The predicted molar refractivity (Wildman–Crippen MR) is 83.2 cm³/mol. The molecule has 0 aliphatic rings. The number of benzene rings is 1. The summed E-state index contributed by atoms with van der Waals surface area (Å²) >= 11 is 0. The van der Waals surface area contributed by atoms with Crippen LogP contribution in [0.2, 0.25) is 0 Å². The van der Waals surface area contributed by atoms with E-state index in [0.29, 0.717) is 12.2 Å². The van der Waals surface area contributed by atoms with E-state index in [1.165, 1.54) is 11.3 Å². The molecule has 0 unspecified atom stereocenters. The quantitative estimate of drug-likeness (QED) is 0.647. The van der Waals surface area contributed by atoms with Gasteiger partial charge < -0.3 is 10.6 Å². The maximum absolute atomic E-state index is 7.61. The first kappa shape index (κ1) is 14.1. The molecule has 0 saturated carbocycles. The van der Waals surface area contributed by atoms with Crippen LogP contribution < -0.4 is 10.6 Å². The number of nitrogen functional groups attached to an aromatic ring is 1. The average molecular weight is 268 g/mol. The zero-order valence-electron chi connectivity index (χ0n) is 11.9. The van der Waals surface area contributed by atoms with E-state index in [1.807, 2.05) is 12.1 Å². The Bertz CT molecular complexity index is 607. The fraction of sp³-hybridized carbons (Fsp3) is 0.250. The van der Waals surface area contributed by atoms with Gasteiger partial charge in [0.1, 0.15) is 11.5 Å². The Morgan fingerprint density at radius 2 is 2.10 bits per heavy atom. The van der Waals surface area contributed by atoms with E-state index in [1.54, 1.807) is 6.20 Å². The van der Waals surface area contributed by atoms with Crippen molar-refractivity contribution in [3.05, 3.63) is 59.4 Å². The van der Waals surface area contributed by atoms with Gasteiger partial charge in [0.05, 0.1) is 0 Å². The van der Waals surface area contributed by atoms with Crippen LogP contribution in [0.25, 0.3) is 0 Å². The van der Waals surface area contributed by atoms with Crippen molar-refractivity contribution in [3.63, 3.8) is 0 Å². The molecule has 1 aromatic heterocycles. The maximum Gasteiger partial charge on any atom is 0.142 e. The summed E-state index contributed by atoms with van der Waals surface area (Å²) in [5.74, 6) is 0.0147. The van der Waals surface area contributed by atoms with Crippen molar-refractivity contribution in [2.45, 2.75) is 20.4 Å². The molecule has 4 heteroatoms. The molecule has 0 radical (unpaired) electrons. The molecular weight excluding hydrogens is 248 g/mol. The third-order valence-corrected chi connectivity index (χ3v) is 3.26. The molecule has 0 atom stereocenters. The molecule has 0 aliphatic heterocycles. The lowest BCUT2D eigenvalue weighted by Gasteiger charge is -2.24. The van der Waals surface area contributed by atoms with Gasteiger partial charge >= 0.3 is 0 Å². The van der Waals surface area contributed by atoms with Crippen molar-refractivity contribution in [1.29, 1.82) is 5.41 Å². The number of aryl methyl sites for hydroxylation is 1. The number of aromatic nitrogens is 1. The van der Waals surface area contributed by atoms with Gasteiger partial charge in [0.15, 0.2) is 0 Å². The van der Waals surface area contributed by atoms with Crippen LogP contribution in [0.5, 0.6) is 0 Å². The zero-order valence-corrected chi connectivity index (χ0v) is 11.9. The normalized spacial score (nSPS) is 10.3. The Kier molecular flexibility index (Phi) is 4.35. The van der Waals surface area contributed by atoms with Crippen molar-refractivity contribution in [2.24, 2.45) is 5.73 Å². The Morgan fingerprint density at radius 1 is 1.30 bits per heavy atom. The summed E-state index contributed by atoms with van der Waals surface area (Å²) < 4.78 is 0. The predicted octanol–water partition coefficient (Wildman–Crippen LogP) is 2.70. The van der Waals surface area contributed by atoms with E-state index in [2.05, 4.69) is 48.0 Å². The number of nitrogens with zero attached hydrogens (tertiary/aromatic N) is 2. The van der Waals surface area contributed by atoms with E-state index in [4.69, 9.17) is 11.1 Å². The second-order valence-corrected chi connectivity index (χ2v) is 4.78. The lowest BCUT2D eigenvalue weighted by atomic mass is 10.1. The molecule has 0 bridgehead atoms. The lowest BCUT2D eigenvalue weighted by Crippen LogP contribution is -2.25. The fourth-order valence-corrected chi connectivity index (χ4v) is 2.22.